The van der Waals surface area contributed by atoms with Crippen LogP contribution in [0, 0.1) is 11.8 Å². The van der Waals surface area contributed by atoms with Crippen molar-refractivity contribution in [2.24, 2.45) is 11.8 Å². The van der Waals surface area contributed by atoms with E-state index in [0.717, 1.165) is 49.9 Å². The molecule has 1 saturated carbocycles. The van der Waals surface area contributed by atoms with Crippen LogP contribution >= 0.6 is 0 Å². The van der Waals surface area contributed by atoms with Crippen LogP contribution in [-0.4, -0.2) is 26.7 Å². The van der Waals surface area contributed by atoms with Crippen molar-refractivity contribution in [3.8, 4) is 11.4 Å². The molecule has 1 aromatic carbocycles. The van der Waals surface area contributed by atoms with Crippen molar-refractivity contribution in [1.29, 1.82) is 0 Å². The van der Waals surface area contributed by atoms with Crippen LogP contribution in [0.2, 0.25) is 0 Å². The van der Waals surface area contributed by atoms with Gasteiger partial charge in [-0.15, -0.1) is 0 Å². The van der Waals surface area contributed by atoms with Gasteiger partial charge in [0.2, 0.25) is 5.67 Å². The predicted molar refractivity (Wildman–Crippen MR) is 159 cm³/mol. The highest BCUT2D eigenvalue weighted by Crippen LogP contribution is 2.42. The number of carboxylic acids is 1. The topological polar surface area (TPSA) is 63.1 Å². The number of benzene rings is 1. The highest BCUT2D eigenvalue weighted by molar-refractivity contribution is 5.77. The van der Waals surface area contributed by atoms with Crippen molar-refractivity contribution < 1.29 is 14.3 Å². The third-order valence-corrected chi connectivity index (χ3v) is 8.82. The molecule has 1 aromatic heterocycles. The monoisotopic (exact) mass is 538 g/mol. The first-order chi connectivity index (χ1) is 19.0. The fourth-order valence-corrected chi connectivity index (χ4v) is 6.12. The molecule has 39 heavy (non-hydrogen) atoms. The summed E-state index contributed by atoms with van der Waals surface area (Å²) in [5.74, 6) is -0.289. The smallest absolute Gasteiger partial charge is 0.341 e. The number of nitrogens with zero attached hydrogens (tertiary/aromatic N) is 2. The quantitative estimate of drug-likeness (QED) is 0.192. The second-order valence-electron chi connectivity index (χ2n) is 11.9. The fraction of sp³-hybridized carbons (Fsp3) is 0.676. The minimum Gasteiger partial charge on any atom is -0.479 e. The predicted octanol–water partition coefficient (Wildman–Crippen LogP) is 9.55. The van der Waals surface area contributed by atoms with Crippen LogP contribution in [0.4, 0.5) is 4.39 Å². The molecule has 4 nitrogen and oxygen atoms in total. The zero-order valence-corrected chi connectivity index (χ0v) is 24.5. The van der Waals surface area contributed by atoms with Crippen molar-refractivity contribution in [2.45, 2.75) is 135 Å². The number of aliphatic carboxylic acids is 1. The normalized spacial score (nSPS) is 19.1. The summed E-state index contributed by atoms with van der Waals surface area (Å²) in [6.45, 7) is 4.24. The van der Waals surface area contributed by atoms with Gasteiger partial charge in [-0.2, -0.15) is 0 Å². The number of carbonyl (C=O) groups is 1. The molecule has 0 amide bonds. The molecule has 1 fully saturated rings. The van der Waals surface area contributed by atoms with Crippen molar-refractivity contribution in [1.82, 2.24) is 9.97 Å². The maximum atomic E-state index is 15.3. The van der Waals surface area contributed by atoms with E-state index in [4.69, 9.17) is 0 Å². The van der Waals surface area contributed by atoms with Gasteiger partial charge >= 0.3 is 5.97 Å². The zero-order valence-electron chi connectivity index (χ0n) is 24.5. The number of carboxylic acid groups (broad SMARTS) is 1. The Hall–Kier alpha value is -2.30. The lowest BCUT2D eigenvalue weighted by Gasteiger charge is -2.36. The van der Waals surface area contributed by atoms with Gasteiger partial charge in [0.15, 0.2) is 5.82 Å². The molecule has 0 unspecified atom stereocenters. The van der Waals surface area contributed by atoms with E-state index in [1.165, 1.54) is 62.5 Å². The number of unbranched alkanes of at least 4 members (excludes halogenated alkanes) is 8. The number of hydrogen-bond donors (Lipinski definition) is 1. The summed E-state index contributed by atoms with van der Waals surface area (Å²) < 4.78 is 15.3. The summed E-state index contributed by atoms with van der Waals surface area (Å²) in [5.41, 5.74) is 1.50. The van der Waals surface area contributed by atoms with Crippen LogP contribution in [0.3, 0.4) is 0 Å². The van der Waals surface area contributed by atoms with Gasteiger partial charge in [-0.05, 0) is 68.4 Å². The fourth-order valence-electron chi connectivity index (χ4n) is 6.12. The molecule has 1 atom stereocenters. The Morgan fingerprint density at radius 3 is 2.00 bits per heavy atom. The van der Waals surface area contributed by atoms with Crippen molar-refractivity contribution in [3.05, 3.63) is 47.8 Å². The van der Waals surface area contributed by atoms with E-state index in [0.29, 0.717) is 25.2 Å². The number of halogens is 1. The lowest BCUT2D eigenvalue weighted by atomic mass is 9.71. The van der Waals surface area contributed by atoms with Crippen LogP contribution < -0.4 is 0 Å². The standard InChI is InChI=1S/C34H51FN2O2/c1-3-5-7-8-9-10-11-12-13-29-25-36-32(37-26-29)30-20-16-27(17-21-30)14-15-28-18-22-31(23-19-28)34(35,33(38)39)24-6-4-2/h16-17,20-21,25-26,28,31H,3-15,18-19,22-24H2,1-2H3,(H,38,39)/t28-,31-,34-/m0/s1. The SMILES string of the molecule is CCCCCCCCCCc1cnc(-c2ccc(CC[C@H]3CC[C@H]([C@@](F)(CCCC)C(=O)O)CC3)cc2)nc1. The number of hydrogen-bond acceptors (Lipinski definition) is 3. The van der Waals surface area contributed by atoms with Crippen molar-refractivity contribution >= 4 is 5.97 Å². The summed E-state index contributed by atoms with van der Waals surface area (Å²) in [4.78, 5) is 20.9. The zero-order chi connectivity index (χ0) is 27.9. The molecule has 3 rings (SSSR count). The van der Waals surface area contributed by atoms with E-state index in [-0.39, 0.29) is 12.3 Å². The first-order valence-electron chi connectivity index (χ1n) is 15.8. The maximum absolute atomic E-state index is 15.3. The Morgan fingerprint density at radius 2 is 1.41 bits per heavy atom. The van der Waals surface area contributed by atoms with Gasteiger partial charge in [0.1, 0.15) is 0 Å². The van der Waals surface area contributed by atoms with E-state index in [1.54, 1.807) is 0 Å². The van der Waals surface area contributed by atoms with E-state index in [1.807, 2.05) is 19.3 Å². The van der Waals surface area contributed by atoms with E-state index >= 15 is 4.39 Å². The molecule has 0 aliphatic heterocycles. The van der Waals surface area contributed by atoms with Crippen LogP contribution in [0.1, 0.15) is 128 Å². The van der Waals surface area contributed by atoms with Gasteiger partial charge in [0.25, 0.3) is 0 Å². The molecule has 0 bridgehead atoms. The largest absolute Gasteiger partial charge is 0.479 e. The molecule has 1 aliphatic rings. The molecule has 5 heteroatoms. The van der Waals surface area contributed by atoms with Crippen molar-refractivity contribution in [3.63, 3.8) is 0 Å². The first kappa shape index (κ1) is 31.2. The molecular weight excluding hydrogens is 487 g/mol. The molecule has 216 valence electrons. The molecule has 1 N–H and O–H groups in total. The van der Waals surface area contributed by atoms with Crippen LogP contribution in [0.25, 0.3) is 11.4 Å². The Balaban J connectivity index is 1.38. The molecular formula is C34H51FN2O2. The highest BCUT2D eigenvalue weighted by Gasteiger charge is 2.46. The molecule has 1 aliphatic carbocycles. The van der Waals surface area contributed by atoms with Crippen LogP contribution in [-0.2, 0) is 17.6 Å². The summed E-state index contributed by atoms with van der Waals surface area (Å²) >= 11 is 0. The van der Waals surface area contributed by atoms with Gasteiger partial charge in [0, 0.05) is 23.9 Å². The molecule has 2 aromatic rings. The maximum Gasteiger partial charge on any atom is 0.341 e. The second kappa shape index (κ2) is 16.7. The van der Waals surface area contributed by atoms with E-state index < -0.39 is 11.6 Å². The summed E-state index contributed by atoms with van der Waals surface area (Å²) in [6.07, 6.45) is 22.5. The minimum atomic E-state index is -2.05. The molecule has 0 radical (unpaired) electrons. The van der Waals surface area contributed by atoms with Gasteiger partial charge < -0.3 is 5.11 Å². The number of alkyl halides is 1. The van der Waals surface area contributed by atoms with Gasteiger partial charge in [-0.25, -0.2) is 19.2 Å². The first-order valence-corrected chi connectivity index (χ1v) is 15.8. The number of aromatic nitrogens is 2. The lowest BCUT2D eigenvalue weighted by Crippen LogP contribution is -2.43. The lowest BCUT2D eigenvalue weighted by molar-refractivity contribution is -0.157. The molecule has 1 heterocycles. The average Bonchev–Trinajstić information content (AvgIpc) is 2.97. The number of aryl methyl sites for hydroxylation is 2. The van der Waals surface area contributed by atoms with Crippen LogP contribution in [0.5, 0.6) is 0 Å². The Bertz CT molecular complexity index is 954. The van der Waals surface area contributed by atoms with Gasteiger partial charge in [-0.3, -0.25) is 0 Å². The Labute approximate surface area is 236 Å². The average molecular weight is 539 g/mol. The highest BCUT2D eigenvalue weighted by atomic mass is 19.1. The molecule has 0 saturated heterocycles. The van der Waals surface area contributed by atoms with Gasteiger partial charge in [-0.1, -0.05) is 102 Å². The van der Waals surface area contributed by atoms with E-state index in [9.17, 15) is 9.90 Å². The van der Waals surface area contributed by atoms with E-state index in [2.05, 4.69) is 41.2 Å². The Morgan fingerprint density at radius 1 is 0.821 bits per heavy atom. The third kappa shape index (κ3) is 9.99. The van der Waals surface area contributed by atoms with Crippen LogP contribution in [0.15, 0.2) is 36.7 Å². The molecule has 0 spiro atoms. The Kier molecular flexibility index (Phi) is 13.4. The summed E-state index contributed by atoms with van der Waals surface area (Å²) in [5, 5.41) is 9.54. The second-order valence-corrected chi connectivity index (χ2v) is 11.9. The summed E-state index contributed by atoms with van der Waals surface area (Å²) in [6, 6.07) is 8.55. The summed E-state index contributed by atoms with van der Waals surface area (Å²) in [7, 11) is 0. The number of rotatable bonds is 18. The van der Waals surface area contributed by atoms with Crippen molar-refractivity contribution in [2.75, 3.05) is 0 Å². The van der Waals surface area contributed by atoms with Gasteiger partial charge in [0.05, 0.1) is 0 Å². The minimum absolute atomic E-state index is 0.145. The third-order valence-electron chi connectivity index (χ3n) is 8.82.